The number of benzene rings is 1. The highest BCUT2D eigenvalue weighted by Crippen LogP contribution is 2.17. The molecule has 19 heavy (non-hydrogen) atoms. The molecule has 0 spiro atoms. The third-order valence-corrected chi connectivity index (χ3v) is 3.48. The van der Waals surface area contributed by atoms with Crippen molar-refractivity contribution in [2.24, 2.45) is 0 Å². The Kier molecular flexibility index (Phi) is 4.06. The topological polar surface area (TPSA) is 12.0 Å². The van der Waals surface area contributed by atoms with Gasteiger partial charge in [0.2, 0.25) is 0 Å². The second-order valence-electron chi connectivity index (χ2n) is 4.80. The van der Waals surface area contributed by atoms with E-state index < -0.39 is 0 Å². The molecule has 0 fully saturated rings. The largest absolute Gasteiger partial charge is 0.388 e. The number of anilines is 1. The number of hydrogen-bond donors (Lipinski definition) is 1. The second-order valence-corrected chi connectivity index (χ2v) is 4.80. The SMILES string of the molecule is C=C(/C=c1/cc(NC)c(C)c/c1=C/C)C1=CCC=C1. The van der Waals surface area contributed by atoms with Gasteiger partial charge in [-0.25, -0.2) is 0 Å². The molecule has 0 saturated carbocycles. The van der Waals surface area contributed by atoms with Crippen molar-refractivity contribution in [3.05, 3.63) is 64.1 Å². The number of hydrogen-bond acceptors (Lipinski definition) is 1. The molecule has 1 aromatic rings. The molecule has 1 nitrogen and oxygen atoms in total. The molecule has 0 atom stereocenters. The van der Waals surface area contributed by atoms with Crippen LogP contribution in [0.15, 0.2) is 48.1 Å². The Morgan fingerprint density at radius 1 is 1.32 bits per heavy atom. The summed E-state index contributed by atoms with van der Waals surface area (Å²) in [6.07, 6.45) is 11.8. The fourth-order valence-electron chi connectivity index (χ4n) is 2.36. The summed E-state index contributed by atoms with van der Waals surface area (Å²) in [6, 6.07) is 4.40. The van der Waals surface area contributed by atoms with Gasteiger partial charge in [-0.3, -0.25) is 0 Å². The van der Waals surface area contributed by atoms with Crippen LogP contribution in [0.4, 0.5) is 5.69 Å². The summed E-state index contributed by atoms with van der Waals surface area (Å²) < 4.78 is 0. The third-order valence-electron chi connectivity index (χ3n) is 3.48. The van der Waals surface area contributed by atoms with Gasteiger partial charge in [-0.05, 0) is 65.6 Å². The standard InChI is InChI=1S/C18H21N/c1-5-15-11-14(3)18(19-4)12-17(15)10-13(2)16-8-6-7-9-16/h5-6,8-12,19H,2,7H2,1,3-4H3/b15-5-,17-10-. The number of allylic oxidation sites excluding steroid dienone is 5. The Bertz CT molecular complexity index is 672. The molecule has 0 aliphatic heterocycles. The van der Waals surface area contributed by atoms with Crippen molar-refractivity contribution < 1.29 is 0 Å². The lowest BCUT2D eigenvalue weighted by molar-refractivity contribution is 1.35. The molecule has 0 aromatic heterocycles. The van der Waals surface area contributed by atoms with E-state index in [9.17, 15) is 0 Å². The smallest absolute Gasteiger partial charge is 0.0373 e. The van der Waals surface area contributed by atoms with Crippen LogP contribution >= 0.6 is 0 Å². The van der Waals surface area contributed by atoms with E-state index in [0.717, 1.165) is 12.0 Å². The molecule has 1 N–H and O–H groups in total. The van der Waals surface area contributed by atoms with Crippen molar-refractivity contribution >= 4 is 17.8 Å². The van der Waals surface area contributed by atoms with Crippen molar-refractivity contribution in [2.75, 3.05) is 12.4 Å². The van der Waals surface area contributed by atoms with Crippen LogP contribution in [0, 0.1) is 6.92 Å². The first-order valence-corrected chi connectivity index (χ1v) is 6.68. The highest BCUT2D eigenvalue weighted by Gasteiger charge is 2.01. The van der Waals surface area contributed by atoms with Gasteiger partial charge in [0.25, 0.3) is 0 Å². The van der Waals surface area contributed by atoms with Crippen LogP contribution in [0.25, 0.3) is 12.2 Å². The van der Waals surface area contributed by atoms with E-state index in [2.05, 4.69) is 68.3 Å². The minimum atomic E-state index is 1.02. The molecule has 1 aromatic carbocycles. The van der Waals surface area contributed by atoms with E-state index in [4.69, 9.17) is 0 Å². The summed E-state index contributed by atoms with van der Waals surface area (Å²) in [4.78, 5) is 0. The molecular weight excluding hydrogens is 230 g/mol. The lowest BCUT2D eigenvalue weighted by atomic mass is 10.0. The third kappa shape index (κ3) is 2.87. The van der Waals surface area contributed by atoms with E-state index in [1.807, 2.05) is 7.05 Å². The molecule has 0 saturated heterocycles. The van der Waals surface area contributed by atoms with Gasteiger partial charge in [-0.15, -0.1) is 0 Å². The average Bonchev–Trinajstić information content (AvgIpc) is 2.94. The first kappa shape index (κ1) is 13.4. The van der Waals surface area contributed by atoms with Gasteiger partial charge in [0.15, 0.2) is 0 Å². The molecule has 0 radical (unpaired) electrons. The highest BCUT2D eigenvalue weighted by atomic mass is 14.8. The normalized spacial score (nSPS) is 15.8. The molecule has 98 valence electrons. The summed E-state index contributed by atoms with van der Waals surface area (Å²) in [5, 5.41) is 5.70. The predicted octanol–water partition coefficient (Wildman–Crippen LogP) is 3.06. The van der Waals surface area contributed by atoms with Crippen molar-refractivity contribution in [1.29, 1.82) is 0 Å². The van der Waals surface area contributed by atoms with Crippen molar-refractivity contribution in [2.45, 2.75) is 20.3 Å². The summed E-state index contributed by atoms with van der Waals surface area (Å²) in [5.74, 6) is 0. The molecule has 1 aliphatic rings. The van der Waals surface area contributed by atoms with E-state index in [-0.39, 0.29) is 0 Å². The molecule has 1 heteroatoms. The van der Waals surface area contributed by atoms with Crippen LogP contribution < -0.4 is 15.8 Å². The minimum absolute atomic E-state index is 1.02. The van der Waals surface area contributed by atoms with Crippen LogP contribution in [-0.2, 0) is 0 Å². The second kappa shape index (κ2) is 5.75. The van der Waals surface area contributed by atoms with Gasteiger partial charge in [-0.1, -0.05) is 30.9 Å². The summed E-state index contributed by atoms with van der Waals surface area (Å²) >= 11 is 0. The zero-order valence-corrected chi connectivity index (χ0v) is 12.0. The van der Waals surface area contributed by atoms with Crippen LogP contribution in [0.1, 0.15) is 18.9 Å². The number of aryl methyl sites for hydroxylation is 1. The van der Waals surface area contributed by atoms with E-state index >= 15 is 0 Å². The Labute approximate surface area is 115 Å². The van der Waals surface area contributed by atoms with Crippen LogP contribution in [0.3, 0.4) is 0 Å². The lowest BCUT2D eigenvalue weighted by Crippen LogP contribution is -2.25. The van der Waals surface area contributed by atoms with Gasteiger partial charge in [0, 0.05) is 12.7 Å². The quantitative estimate of drug-likeness (QED) is 0.870. The first-order chi connectivity index (χ1) is 9.15. The minimum Gasteiger partial charge on any atom is -0.388 e. The number of nitrogens with one attached hydrogen (secondary N) is 1. The Hall–Kier alpha value is -2.02. The molecule has 0 bridgehead atoms. The fourth-order valence-corrected chi connectivity index (χ4v) is 2.36. The van der Waals surface area contributed by atoms with Gasteiger partial charge >= 0.3 is 0 Å². The lowest BCUT2D eigenvalue weighted by Gasteiger charge is -2.06. The van der Waals surface area contributed by atoms with Gasteiger partial charge in [0.05, 0.1) is 0 Å². The van der Waals surface area contributed by atoms with Gasteiger partial charge in [-0.2, -0.15) is 0 Å². The van der Waals surface area contributed by atoms with Crippen LogP contribution in [0.2, 0.25) is 0 Å². The van der Waals surface area contributed by atoms with Crippen molar-refractivity contribution in [1.82, 2.24) is 0 Å². The van der Waals surface area contributed by atoms with Crippen molar-refractivity contribution in [3.63, 3.8) is 0 Å². The molecule has 2 rings (SSSR count). The summed E-state index contributed by atoms with van der Waals surface area (Å²) in [6.45, 7) is 8.37. The van der Waals surface area contributed by atoms with Crippen LogP contribution in [0.5, 0.6) is 0 Å². The van der Waals surface area contributed by atoms with E-state index in [1.54, 1.807) is 0 Å². The zero-order valence-electron chi connectivity index (χ0n) is 12.0. The molecule has 1 aliphatic carbocycles. The average molecular weight is 251 g/mol. The maximum atomic E-state index is 4.18. The van der Waals surface area contributed by atoms with E-state index in [1.165, 1.54) is 27.3 Å². The Morgan fingerprint density at radius 2 is 2.11 bits per heavy atom. The summed E-state index contributed by atoms with van der Waals surface area (Å²) in [5.41, 5.74) is 4.73. The van der Waals surface area contributed by atoms with Crippen LogP contribution in [-0.4, -0.2) is 7.05 Å². The highest BCUT2D eigenvalue weighted by molar-refractivity contribution is 5.63. The van der Waals surface area contributed by atoms with Gasteiger partial charge in [0.1, 0.15) is 0 Å². The number of rotatable bonds is 3. The molecule has 0 amide bonds. The molecule has 0 unspecified atom stereocenters. The van der Waals surface area contributed by atoms with Gasteiger partial charge < -0.3 is 5.32 Å². The molecular formula is C18H21N. The predicted molar refractivity (Wildman–Crippen MR) is 85.6 cm³/mol. The summed E-state index contributed by atoms with van der Waals surface area (Å²) in [7, 11) is 1.96. The maximum Gasteiger partial charge on any atom is 0.0373 e. The monoisotopic (exact) mass is 251 g/mol. The Balaban J connectivity index is 2.55. The molecule has 0 heterocycles. The van der Waals surface area contributed by atoms with Crippen molar-refractivity contribution in [3.8, 4) is 0 Å². The first-order valence-electron chi connectivity index (χ1n) is 6.68. The zero-order chi connectivity index (χ0) is 13.8. The fraction of sp³-hybridized carbons (Fsp3) is 0.222. The Morgan fingerprint density at radius 3 is 2.68 bits per heavy atom. The van der Waals surface area contributed by atoms with E-state index in [0.29, 0.717) is 0 Å². The maximum absolute atomic E-state index is 4.18.